The van der Waals surface area contributed by atoms with E-state index < -0.39 is 55.4 Å². The molecule has 4 N–H and O–H groups in total. The third-order valence-electron chi connectivity index (χ3n) is 9.28. The van der Waals surface area contributed by atoms with Crippen molar-refractivity contribution in [1.82, 2.24) is 0 Å². The Kier molecular flexibility index (Phi) is 30.9. The Labute approximate surface area is 315 Å². The van der Waals surface area contributed by atoms with Crippen LogP contribution >= 0.6 is 0 Å². The molecule has 1 heterocycles. The van der Waals surface area contributed by atoms with Crippen molar-refractivity contribution in [3.63, 3.8) is 0 Å². The number of aliphatic hydroxyl groups excluding tert-OH is 4. The van der Waals surface area contributed by atoms with E-state index >= 15 is 0 Å². The second-order valence-corrected chi connectivity index (χ2v) is 14.1. The van der Waals surface area contributed by atoms with Crippen molar-refractivity contribution in [3.8, 4) is 0 Å². The molecule has 2 unspecified atom stereocenters. The summed E-state index contributed by atoms with van der Waals surface area (Å²) >= 11 is 0. The SMILES string of the molecule is CCCCC/C=C/C/C=C/C/C=C/CCCCCCC(=O)OC[C@@H](CO[C@H]1O[C@@H](CO)[C@@H](O)C(O)C1O)OC(=O)CCCCCCCCCCCC. The summed E-state index contributed by atoms with van der Waals surface area (Å²) in [5.74, 6) is -0.834. The highest BCUT2D eigenvalue weighted by Crippen LogP contribution is 2.22. The van der Waals surface area contributed by atoms with Gasteiger partial charge in [0.2, 0.25) is 0 Å². The van der Waals surface area contributed by atoms with E-state index in [4.69, 9.17) is 18.9 Å². The topological polar surface area (TPSA) is 152 Å². The van der Waals surface area contributed by atoms with Crippen LogP contribution in [0.3, 0.4) is 0 Å². The second kappa shape index (κ2) is 33.5. The number of unbranched alkanes of at least 4 members (excludes halogenated alkanes) is 16. The van der Waals surface area contributed by atoms with Gasteiger partial charge < -0.3 is 39.4 Å². The van der Waals surface area contributed by atoms with Crippen LogP contribution in [0.4, 0.5) is 0 Å². The lowest BCUT2D eigenvalue weighted by molar-refractivity contribution is -0.305. The average molecular weight is 739 g/mol. The van der Waals surface area contributed by atoms with E-state index in [1.165, 1.54) is 64.2 Å². The first-order valence-electron chi connectivity index (χ1n) is 20.6. The highest BCUT2D eigenvalue weighted by atomic mass is 16.7. The van der Waals surface area contributed by atoms with Crippen LogP contribution in [-0.2, 0) is 28.5 Å². The molecule has 0 aliphatic carbocycles. The number of aliphatic hydroxyl groups is 4. The molecule has 0 saturated carbocycles. The van der Waals surface area contributed by atoms with Crippen LogP contribution in [0.25, 0.3) is 0 Å². The summed E-state index contributed by atoms with van der Waals surface area (Å²) in [4.78, 5) is 25.2. The fourth-order valence-corrected chi connectivity index (χ4v) is 5.96. The Balaban J connectivity index is 2.37. The molecule has 10 heteroatoms. The molecule has 1 saturated heterocycles. The van der Waals surface area contributed by atoms with Crippen molar-refractivity contribution in [2.75, 3.05) is 19.8 Å². The van der Waals surface area contributed by atoms with Crippen molar-refractivity contribution < 1.29 is 49.0 Å². The van der Waals surface area contributed by atoms with Crippen molar-refractivity contribution >= 4 is 11.9 Å². The van der Waals surface area contributed by atoms with Crippen LogP contribution < -0.4 is 0 Å². The Bertz CT molecular complexity index is 949. The number of carbonyl (C=O) groups is 2. The van der Waals surface area contributed by atoms with Gasteiger partial charge in [-0.15, -0.1) is 0 Å². The van der Waals surface area contributed by atoms with Gasteiger partial charge in [0.05, 0.1) is 13.2 Å². The van der Waals surface area contributed by atoms with Gasteiger partial charge in [-0.1, -0.05) is 134 Å². The number of rotatable bonds is 33. The van der Waals surface area contributed by atoms with Gasteiger partial charge in [0.1, 0.15) is 31.0 Å². The Morgan fingerprint density at radius 1 is 0.596 bits per heavy atom. The molecule has 52 heavy (non-hydrogen) atoms. The summed E-state index contributed by atoms with van der Waals surface area (Å²) in [5.41, 5.74) is 0. The van der Waals surface area contributed by atoms with Crippen LogP contribution in [0.2, 0.25) is 0 Å². The molecule has 0 spiro atoms. The lowest BCUT2D eigenvalue weighted by Crippen LogP contribution is -2.59. The molecule has 1 aliphatic heterocycles. The molecule has 0 bridgehead atoms. The Hall–Kier alpha value is -2.08. The maximum atomic E-state index is 12.7. The predicted octanol–water partition coefficient (Wildman–Crippen LogP) is 7.94. The fraction of sp³-hybridized carbons (Fsp3) is 0.810. The molecule has 0 amide bonds. The molecule has 1 fully saturated rings. The monoisotopic (exact) mass is 739 g/mol. The average Bonchev–Trinajstić information content (AvgIpc) is 3.14. The largest absolute Gasteiger partial charge is 0.462 e. The molecule has 0 radical (unpaired) electrons. The second-order valence-electron chi connectivity index (χ2n) is 14.1. The quantitative estimate of drug-likeness (QED) is 0.0297. The number of ether oxygens (including phenoxy) is 4. The maximum Gasteiger partial charge on any atom is 0.306 e. The van der Waals surface area contributed by atoms with E-state index in [0.29, 0.717) is 12.8 Å². The molecule has 0 aromatic carbocycles. The first-order chi connectivity index (χ1) is 25.3. The third-order valence-corrected chi connectivity index (χ3v) is 9.28. The summed E-state index contributed by atoms with van der Waals surface area (Å²) < 4.78 is 22.0. The van der Waals surface area contributed by atoms with Crippen LogP contribution in [0, 0.1) is 0 Å². The van der Waals surface area contributed by atoms with Crippen LogP contribution in [0.5, 0.6) is 0 Å². The van der Waals surface area contributed by atoms with Gasteiger partial charge in [0.25, 0.3) is 0 Å². The molecule has 0 aromatic rings. The minimum atomic E-state index is -1.60. The summed E-state index contributed by atoms with van der Waals surface area (Å²) in [5, 5.41) is 39.9. The highest BCUT2D eigenvalue weighted by Gasteiger charge is 2.44. The van der Waals surface area contributed by atoms with Crippen molar-refractivity contribution in [3.05, 3.63) is 36.5 Å². The standard InChI is InChI=1S/C42H74O10/c1-3-5-7-9-11-13-15-16-17-18-19-20-21-23-24-26-28-30-37(44)49-33-35(34-50-42-41(48)40(47)39(46)36(32-43)52-42)51-38(45)31-29-27-25-22-14-12-10-8-6-4-2/h11,13,16-17,19-20,35-36,39-43,46-48H,3-10,12,14-15,18,21-34H2,1-2H3/b13-11+,17-16+,20-19+/t35-,36-,39+,40?,41?,42-/m0/s1. The summed E-state index contributed by atoms with van der Waals surface area (Å²) in [7, 11) is 0. The number of hydrogen-bond acceptors (Lipinski definition) is 10. The maximum absolute atomic E-state index is 12.7. The first kappa shape index (κ1) is 47.9. The lowest BCUT2D eigenvalue weighted by atomic mass is 9.99. The summed E-state index contributed by atoms with van der Waals surface area (Å²) in [6, 6.07) is 0. The van der Waals surface area contributed by atoms with Gasteiger partial charge in [0, 0.05) is 12.8 Å². The van der Waals surface area contributed by atoms with E-state index in [-0.39, 0.29) is 26.1 Å². The zero-order chi connectivity index (χ0) is 38.1. The van der Waals surface area contributed by atoms with E-state index in [1.807, 2.05) is 0 Å². The normalized spacial score (nSPS) is 21.4. The summed E-state index contributed by atoms with van der Waals surface area (Å²) in [6.45, 7) is 3.34. The predicted molar refractivity (Wildman–Crippen MR) is 206 cm³/mol. The Morgan fingerprint density at radius 2 is 1.08 bits per heavy atom. The van der Waals surface area contributed by atoms with Crippen LogP contribution in [0.1, 0.15) is 162 Å². The lowest BCUT2D eigenvalue weighted by Gasteiger charge is -2.39. The van der Waals surface area contributed by atoms with E-state index in [2.05, 4.69) is 50.3 Å². The number of carbonyl (C=O) groups excluding carboxylic acids is 2. The van der Waals surface area contributed by atoms with Gasteiger partial charge in [-0.05, 0) is 51.4 Å². The molecule has 0 aromatic heterocycles. The van der Waals surface area contributed by atoms with Gasteiger partial charge in [-0.3, -0.25) is 9.59 Å². The Morgan fingerprint density at radius 3 is 1.65 bits per heavy atom. The van der Waals surface area contributed by atoms with Gasteiger partial charge in [0.15, 0.2) is 12.4 Å². The van der Waals surface area contributed by atoms with Crippen LogP contribution in [0.15, 0.2) is 36.5 Å². The van der Waals surface area contributed by atoms with Gasteiger partial charge in [-0.25, -0.2) is 0 Å². The van der Waals surface area contributed by atoms with E-state index in [9.17, 15) is 30.0 Å². The van der Waals surface area contributed by atoms with Crippen molar-refractivity contribution in [1.29, 1.82) is 0 Å². The number of esters is 2. The van der Waals surface area contributed by atoms with Gasteiger partial charge >= 0.3 is 11.9 Å². The molecule has 1 rings (SSSR count). The van der Waals surface area contributed by atoms with E-state index in [1.54, 1.807) is 0 Å². The zero-order valence-corrected chi connectivity index (χ0v) is 32.6. The molecular formula is C42H74O10. The highest BCUT2D eigenvalue weighted by molar-refractivity contribution is 5.70. The van der Waals surface area contributed by atoms with Crippen LogP contribution in [-0.4, -0.2) is 89.0 Å². The van der Waals surface area contributed by atoms with E-state index in [0.717, 1.165) is 57.8 Å². The first-order valence-corrected chi connectivity index (χ1v) is 20.6. The molecule has 6 atom stereocenters. The molecule has 10 nitrogen and oxygen atoms in total. The third kappa shape index (κ3) is 25.0. The number of hydrogen-bond donors (Lipinski definition) is 4. The summed E-state index contributed by atoms with van der Waals surface area (Å²) in [6.07, 6.45) is 28.7. The molecule has 302 valence electrons. The number of allylic oxidation sites excluding steroid dienone is 6. The minimum Gasteiger partial charge on any atom is -0.462 e. The smallest absolute Gasteiger partial charge is 0.306 e. The molecular weight excluding hydrogens is 664 g/mol. The molecule has 1 aliphatic rings. The minimum absolute atomic E-state index is 0.226. The van der Waals surface area contributed by atoms with Gasteiger partial charge in [-0.2, -0.15) is 0 Å². The van der Waals surface area contributed by atoms with Crippen molar-refractivity contribution in [2.24, 2.45) is 0 Å². The zero-order valence-electron chi connectivity index (χ0n) is 32.6. The van der Waals surface area contributed by atoms with Crippen molar-refractivity contribution in [2.45, 2.75) is 198 Å². The fourth-order valence-electron chi connectivity index (χ4n) is 5.96.